The van der Waals surface area contributed by atoms with E-state index in [0.29, 0.717) is 21.6 Å². The van der Waals surface area contributed by atoms with Crippen LogP contribution in [0, 0.1) is 5.82 Å². The largest absolute Gasteiger partial charge is 0.337 e. The Morgan fingerprint density at radius 1 is 1.30 bits per heavy atom. The molecule has 0 aliphatic heterocycles. The Hall–Kier alpha value is -1.39. The highest BCUT2D eigenvalue weighted by molar-refractivity contribution is 9.10. The van der Waals surface area contributed by atoms with Gasteiger partial charge in [0, 0.05) is 18.1 Å². The number of nitrogens with zero attached hydrogens (tertiary/aromatic N) is 1. The Balaban J connectivity index is 2.19. The van der Waals surface area contributed by atoms with Crippen molar-refractivity contribution in [3.8, 4) is 0 Å². The van der Waals surface area contributed by atoms with Gasteiger partial charge in [-0.1, -0.05) is 29.8 Å². The van der Waals surface area contributed by atoms with E-state index in [2.05, 4.69) is 15.9 Å². The van der Waals surface area contributed by atoms with Crippen molar-refractivity contribution >= 4 is 33.4 Å². The third kappa shape index (κ3) is 3.38. The van der Waals surface area contributed by atoms with E-state index in [1.54, 1.807) is 37.4 Å². The van der Waals surface area contributed by atoms with Crippen LogP contribution >= 0.6 is 27.5 Å². The molecule has 0 heterocycles. The summed E-state index contributed by atoms with van der Waals surface area (Å²) in [6, 6.07) is 11.4. The van der Waals surface area contributed by atoms with E-state index in [4.69, 9.17) is 11.6 Å². The Morgan fingerprint density at radius 3 is 2.70 bits per heavy atom. The second kappa shape index (κ2) is 6.37. The zero-order valence-corrected chi connectivity index (χ0v) is 13.1. The number of amides is 1. The molecule has 0 fully saturated rings. The quantitative estimate of drug-likeness (QED) is 0.792. The first-order valence-electron chi connectivity index (χ1n) is 5.93. The fraction of sp³-hybridized carbons (Fsp3) is 0.133. The number of halogens is 3. The SMILES string of the molecule is CN(Cc1cccc(F)c1)C(=O)c1cccc(Br)c1Cl. The lowest BCUT2D eigenvalue weighted by Gasteiger charge is -2.18. The molecule has 0 aliphatic rings. The maximum Gasteiger partial charge on any atom is 0.255 e. The molecule has 0 saturated carbocycles. The van der Waals surface area contributed by atoms with Crippen molar-refractivity contribution < 1.29 is 9.18 Å². The van der Waals surface area contributed by atoms with Gasteiger partial charge in [-0.15, -0.1) is 0 Å². The molecule has 0 unspecified atom stereocenters. The van der Waals surface area contributed by atoms with Crippen molar-refractivity contribution in [3.05, 3.63) is 68.9 Å². The molecule has 20 heavy (non-hydrogen) atoms. The van der Waals surface area contributed by atoms with Gasteiger partial charge < -0.3 is 4.90 Å². The van der Waals surface area contributed by atoms with E-state index in [0.717, 1.165) is 5.56 Å². The van der Waals surface area contributed by atoms with Crippen LogP contribution in [0.5, 0.6) is 0 Å². The first kappa shape index (κ1) is 15.0. The average Bonchev–Trinajstić information content (AvgIpc) is 2.41. The molecule has 0 bridgehead atoms. The van der Waals surface area contributed by atoms with Crippen LogP contribution in [-0.2, 0) is 6.54 Å². The van der Waals surface area contributed by atoms with E-state index < -0.39 is 0 Å². The predicted molar refractivity (Wildman–Crippen MR) is 81.3 cm³/mol. The molecule has 104 valence electrons. The standard InChI is InChI=1S/C15H12BrClFNO/c1-19(9-10-4-2-5-11(18)8-10)15(20)12-6-3-7-13(16)14(12)17/h2-8H,9H2,1H3. The lowest BCUT2D eigenvalue weighted by atomic mass is 10.1. The van der Waals surface area contributed by atoms with Crippen LogP contribution in [-0.4, -0.2) is 17.9 Å². The van der Waals surface area contributed by atoms with Crippen LogP contribution in [0.4, 0.5) is 4.39 Å². The zero-order valence-electron chi connectivity index (χ0n) is 10.7. The molecule has 1 amide bonds. The molecule has 0 N–H and O–H groups in total. The molecule has 2 nitrogen and oxygen atoms in total. The van der Waals surface area contributed by atoms with Gasteiger partial charge in [0.15, 0.2) is 0 Å². The Bertz CT molecular complexity index is 648. The van der Waals surface area contributed by atoms with Crippen molar-refractivity contribution in [2.24, 2.45) is 0 Å². The first-order valence-corrected chi connectivity index (χ1v) is 7.10. The number of carbonyl (C=O) groups excluding carboxylic acids is 1. The van der Waals surface area contributed by atoms with Crippen molar-refractivity contribution in [2.75, 3.05) is 7.05 Å². The molecule has 0 spiro atoms. The van der Waals surface area contributed by atoms with Crippen LogP contribution < -0.4 is 0 Å². The normalized spacial score (nSPS) is 10.4. The van der Waals surface area contributed by atoms with Gasteiger partial charge in [-0.25, -0.2) is 4.39 Å². The number of hydrogen-bond donors (Lipinski definition) is 0. The summed E-state index contributed by atoms with van der Waals surface area (Å²) in [5.41, 5.74) is 1.15. The van der Waals surface area contributed by atoms with Gasteiger partial charge in [-0.05, 0) is 45.8 Å². The van der Waals surface area contributed by atoms with Gasteiger partial charge in [-0.3, -0.25) is 4.79 Å². The fourth-order valence-corrected chi connectivity index (χ4v) is 2.43. The Morgan fingerprint density at radius 2 is 2.00 bits per heavy atom. The minimum absolute atomic E-state index is 0.208. The summed E-state index contributed by atoms with van der Waals surface area (Å²) in [6.07, 6.45) is 0. The molecule has 0 atom stereocenters. The molecule has 0 aromatic heterocycles. The summed E-state index contributed by atoms with van der Waals surface area (Å²) >= 11 is 9.39. The van der Waals surface area contributed by atoms with Crippen LogP contribution in [0.2, 0.25) is 5.02 Å². The summed E-state index contributed by atoms with van der Waals surface area (Å²) in [4.78, 5) is 13.8. The number of benzene rings is 2. The third-order valence-electron chi connectivity index (χ3n) is 2.84. The summed E-state index contributed by atoms with van der Waals surface area (Å²) in [5.74, 6) is -0.524. The highest BCUT2D eigenvalue weighted by atomic mass is 79.9. The highest BCUT2D eigenvalue weighted by Gasteiger charge is 2.16. The number of hydrogen-bond acceptors (Lipinski definition) is 1. The monoisotopic (exact) mass is 355 g/mol. The van der Waals surface area contributed by atoms with Gasteiger partial charge in [0.05, 0.1) is 10.6 Å². The van der Waals surface area contributed by atoms with E-state index in [1.165, 1.54) is 17.0 Å². The molecule has 2 aromatic carbocycles. The average molecular weight is 357 g/mol. The summed E-state index contributed by atoms with van der Waals surface area (Å²) in [6.45, 7) is 0.319. The van der Waals surface area contributed by atoms with Crippen molar-refractivity contribution in [1.29, 1.82) is 0 Å². The van der Waals surface area contributed by atoms with Crippen LogP contribution in [0.1, 0.15) is 15.9 Å². The van der Waals surface area contributed by atoms with E-state index in [1.807, 2.05) is 0 Å². The van der Waals surface area contributed by atoms with E-state index in [-0.39, 0.29) is 11.7 Å². The summed E-state index contributed by atoms with van der Waals surface area (Å²) in [5, 5.41) is 0.378. The van der Waals surface area contributed by atoms with Crippen molar-refractivity contribution in [3.63, 3.8) is 0 Å². The van der Waals surface area contributed by atoms with Gasteiger partial charge in [0.1, 0.15) is 5.82 Å². The maximum atomic E-state index is 13.1. The smallest absolute Gasteiger partial charge is 0.255 e. The molecule has 0 radical (unpaired) electrons. The molecule has 2 rings (SSSR count). The predicted octanol–water partition coefficient (Wildman–Crippen LogP) is 4.51. The molecule has 0 aliphatic carbocycles. The number of carbonyl (C=O) groups is 1. The molecule has 2 aromatic rings. The lowest BCUT2D eigenvalue weighted by molar-refractivity contribution is 0.0785. The van der Waals surface area contributed by atoms with Crippen LogP contribution in [0.3, 0.4) is 0 Å². The zero-order chi connectivity index (χ0) is 14.7. The highest BCUT2D eigenvalue weighted by Crippen LogP contribution is 2.27. The number of rotatable bonds is 3. The van der Waals surface area contributed by atoms with Gasteiger partial charge in [0.25, 0.3) is 5.91 Å². The van der Waals surface area contributed by atoms with Gasteiger partial charge in [0.2, 0.25) is 0 Å². The van der Waals surface area contributed by atoms with Crippen molar-refractivity contribution in [1.82, 2.24) is 4.90 Å². The third-order valence-corrected chi connectivity index (χ3v) is 4.13. The topological polar surface area (TPSA) is 20.3 Å². The fourth-order valence-electron chi connectivity index (χ4n) is 1.86. The Labute approximate surface area is 130 Å². The minimum Gasteiger partial charge on any atom is -0.337 e. The van der Waals surface area contributed by atoms with Crippen molar-refractivity contribution in [2.45, 2.75) is 6.54 Å². The Kier molecular flexibility index (Phi) is 4.78. The second-order valence-corrected chi connectivity index (χ2v) is 5.62. The molecule has 5 heteroatoms. The molecular formula is C15H12BrClFNO. The molecular weight excluding hydrogens is 345 g/mol. The maximum absolute atomic E-state index is 13.1. The second-order valence-electron chi connectivity index (χ2n) is 4.39. The van der Waals surface area contributed by atoms with Gasteiger partial charge >= 0.3 is 0 Å². The molecule has 0 saturated heterocycles. The van der Waals surface area contributed by atoms with Crippen LogP contribution in [0.25, 0.3) is 0 Å². The minimum atomic E-state index is -0.316. The van der Waals surface area contributed by atoms with E-state index in [9.17, 15) is 9.18 Å². The first-order chi connectivity index (χ1) is 9.49. The summed E-state index contributed by atoms with van der Waals surface area (Å²) in [7, 11) is 1.66. The summed E-state index contributed by atoms with van der Waals surface area (Å²) < 4.78 is 13.8. The lowest BCUT2D eigenvalue weighted by Crippen LogP contribution is -2.26. The van der Waals surface area contributed by atoms with E-state index >= 15 is 0 Å². The van der Waals surface area contributed by atoms with Crippen LogP contribution in [0.15, 0.2) is 46.9 Å². The van der Waals surface area contributed by atoms with Gasteiger partial charge in [-0.2, -0.15) is 0 Å².